The second kappa shape index (κ2) is 5.89. The van der Waals surface area contributed by atoms with Crippen molar-refractivity contribution in [3.05, 3.63) is 33.8 Å². The van der Waals surface area contributed by atoms with Crippen LogP contribution in [0, 0.1) is 5.92 Å². The summed E-state index contributed by atoms with van der Waals surface area (Å²) in [6.45, 7) is 2.69. The van der Waals surface area contributed by atoms with Gasteiger partial charge < -0.3 is 4.74 Å². The van der Waals surface area contributed by atoms with Gasteiger partial charge in [-0.25, -0.2) is 5.43 Å². The van der Waals surface area contributed by atoms with Gasteiger partial charge in [0.25, 0.3) is 0 Å². The van der Waals surface area contributed by atoms with Crippen molar-refractivity contribution >= 4 is 29.2 Å². The zero-order valence-corrected chi connectivity index (χ0v) is 11.4. The monoisotopic (exact) mass is 288 g/mol. The van der Waals surface area contributed by atoms with Gasteiger partial charge in [-0.2, -0.15) is 0 Å². The van der Waals surface area contributed by atoms with E-state index in [0.29, 0.717) is 23.2 Å². The lowest BCUT2D eigenvalue weighted by Gasteiger charge is -2.17. The summed E-state index contributed by atoms with van der Waals surface area (Å²) in [4.78, 5) is 11.8. The van der Waals surface area contributed by atoms with E-state index in [2.05, 4.69) is 10.9 Å². The van der Waals surface area contributed by atoms with Crippen LogP contribution >= 0.6 is 23.2 Å². The maximum absolute atomic E-state index is 11.8. The third-order valence-corrected chi connectivity index (χ3v) is 3.25. The van der Waals surface area contributed by atoms with E-state index in [1.54, 1.807) is 25.1 Å². The minimum Gasteiger partial charge on any atom is -0.466 e. The van der Waals surface area contributed by atoms with E-state index >= 15 is 0 Å². The topological polar surface area (TPSA) is 50.4 Å². The summed E-state index contributed by atoms with van der Waals surface area (Å²) in [5.41, 5.74) is 6.88. The molecule has 1 fully saturated rings. The molecular weight excluding hydrogens is 275 g/mol. The molecule has 0 aliphatic carbocycles. The number of benzene rings is 1. The van der Waals surface area contributed by atoms with Crippen molar-refractivity contribution in [3.8, 4) is 0 Å². The number of hydrogen-bond donors (Lipinski definition) is 2. The van der Waals surface area contributed by atoms with E-state index in [9.17, 15) is 4.79 Å². The molecule has 1 aromatic rings. The Kier molecular flexibility index (Phi) is 4.45. The van der Waals surface area contributed by atoms with Crippen LogP contribution in [0.25, 0.3) is 0 Å². The lowest BCUT2D eigenvalue weighted by molar-refractivity contribution is -0.147. The summed E-state index contributed by atoms with van der Waals surface area (Å²) < 4.78 is 5.05. The summed E-state index contributed by atoms with van der Waals surface area (Å²) in [7, 11) is 0. The third kappa shape index (κ3) is 2.95. The molecule has 6 heteroatoms. The molecule has 1 aromatic carbocycles. The summed E-state index contributed by atoms with van der Waals surface area (Å²) in [6.07, 6.45) is 0. The van der Waals surface area contributed by atoms with Crippen LogP contribution in [-0.4, -0.2) is 19.1 Å². The Morgan fingerprint density at radius 3 is 2.67 bits per heavy atom. The minimum absolute atomic E-state index is 0.180. The van der Waals surface area contributed by atoms with Gasteiger partial charge in [0.05, 0.1) is 18.6 Å². The lowest BCUT2D eigenvalue weighted by atomic mass is 9.95. The Morgan fingerprint density at radius 1 is 1.39 bits per heavy atom. The van der Waals surface area contributed by atoms with Gasteiger partial charge in [0.2, 0.25) is 0 Å². The molecule has 2 atom stereocenters. The van der Waals surface area contributed by atoms with Gasteiger partial charge in [0.1, 0.15) is 0 Å². The molecule has 0 amide bonds. The molecule has 2 unspecified atom stereocenters. The molecule has 2 rings (SSSR count). The molecule has 1 heterocycles. The fourth-order valence-corrected chi connectivity index (χ4v) is 2.58. The van der Waals surface area contributed by atoms with Crippen molar-refractivity contribution < 1.29 is 9.53 Å². The molecule has 1 saturated heterocycles. The first-order valence-corrected chi connectivity index (χ1v) is 6.48. The highest BCUT2D eigenvalue weighted by Gasteiger charge is 2.35. The number of halogens is 2. The van der Waals surface area contributed by atoms with Crippen LogP contribution in [0.15, 0.2) is 18.2 Å². The largest absolute Gasteiger partial charge is 0.466 e. The number of nitrogens with one attached hydrogen (secondary N) is 2. The second-order valence-corrected chi connectivity index (χ2v) is 4.94. The summed E-state index contributed by atoms with van der Waals surface area (Å²) >= 11 is 11.9. The standard InChI is InChI=1S/C12H14Cl2N2O2/c1-2-18-12(17)10-6-15-16-11(10)7-3-8(13)5-9(14)4-7/h3-5,10-11,15-16H,2,6H2,1H3. The lowest BCUT2D eigenvalue weighted by Crippen LogP contribution is -2.27. The van der Waals surface area contributed by atoms with Crippen LogP contribution in [0.1, 0.15) is 18.5 Å². The summed E-state index contributed by atoms with van der Waals surface area (Å²) in [6, 6.07) is 5.07. The van der Waals surface area contributed by atoms with E-state index in [1.165, 1.54) is 0 Å². The molecular formula is C12H14Cl2N2O2. The van der Waals surface area contributed by atoms with Gasteiger partial charge >= 0.3 is 5.97 Å². The Labute approximate surface area is 116 Å². The molecule has 1 aliphatic heterocycles. The Balaban J connectivity index is 2.23. The highest BCUT2D eigenvalue weighted by Crippen LogP contribution is 2.30. The van der Waals surface area contributed by atoms with Crippen molar-refractivity contribution in [2.24, 2.45) is 5.92 Å². The minimum atomic E-state index is -0.278. The van der Waals surface area contributed by atoms with E-state index in [1.807, 2.05) is 0 Å². The smallest absolute Gasteiger partial charge is 0.312 e. The maximum Gasteiger partial charge on any atom is 0.312 e. The SMILES string of the molecule is CCOC(=O)C1CNNC1c1cc(Cl)cc(Cl)c1. The Hall–Kier alpha value is -0.810. The van der Waals surface area contributed by atoms with Crippen molar-refractivity contribution in [3.63, 3.8) is 0 Å². The van der Waals surface area contributed by atoms with Gasteiger partial charge in [0.15, 0.2) is 0 Å². The van der Waals surface area contributed by atoms with Crippen molar-refractivity contribution in [1.29, 1.82) is 0 Å². The van der Waals surface area contributed by atoms with Crippen LogP contribution in [0.2, 0.25) is 10.0 Å². The fraction of sp³-hybridized carbons (Fsp3) is 0.417. The zero-order valence-electron chi connectivity index (χ0n) is 9.87. The van der Waals surface area contributed by atoms with Crippen molar-refractivity contribution in [2.75, 3.05) is 13.2 Å². The fourth-order valence-electron chi connectivity index (χ4n) is 2.04. The number of carbonyl (C=O) groups is 1. The quantitative estimate of drug-likeness (QED) is 0.838. The van der Waals surface area contributed by atoms with Crippen molar-refractivity contribution in [1.82, 2.24) is 10.9 Å². The van der Waals surface area contributed by atoms with Gasteiger partial charge in [-0.15, -0.1) is 0 Å². The number of carbonyl (C=O) groups excluding carboxylic acids is 1. The first-order chi connectivity index (χ1) is 8.61. The first kappa shape index (κ1) is 13.6. The van der Waals surface area contributed by atoms with Crippen LogP contribution in [0.5, 0.6) is 0 Å². The number of hydrazine groups is 1. The second-order valence-electron chi connectivity index (χ2n) is 4.06. The average molecular weight is 289 g/mol. The highest BCUT2D eigenvalue weighted by atomic mass is 35.5. The predicted octanol–water partition coefficient (Wildman–Crippen LogP) is 2.32. The summed E-state index contributed by atoms with van der Waals surface area (Å²) in [5.74, 6) is -0.504. The van der Waals surface area contributed by atoms with Crippen LogP contribution in [0.4, 0.5) is 0 Å². The van der Waals surface area contributed by atoms with Gasteiger partial charge in [-0.3, -0.25) is 10.2 Å². The summed E-state index contributed by atoms with van der Waals surface area (Å²) in [5, 5.41) is 1.10. The Morgan fingerprint density at radius 2 is 2.06 bits per heavy atom. The van der Waals surface area contributed by atoms with Crippen LogP contribution < -0.4 is 10.9 Å². The molecule has 0 saturated carbocycles. The number of rotatable bonds is 3. The molecule has 1 aliphatic rings. The molecule has 0 bridgehead atoms. The van der Waals surface area contributed by atoms with Gasteiger partial charge in [0, 0.05) is 16.6 Å². The molecule has 98 valence electrons. The van der Waals surface area contributed by atoms with E-state index in [-0.39, 0.29) is 17.9 Å². The molecule has 0 radical (unpaired) electrons. The van der Waals surface area contributed by atoms with Crippen molar-refractivity contribution in [2.45, 2.75) is 13.0 Å². The predicted molar refractivity (Wildman–Crippen MR) is 70.5 cm³/mol. The number of hydrogen-bond acceptors (Lipinski definition) is 4. The average Bonchev–Trinajstić information content (AvgIpc) is 2.76. The van der Waals surface area contributed by atoms with Gasteiger partial charge in [-0.05, 0) is 30.7 Å². The Bertz CT molecular complexity index is 433. The van der Waals surface area contributed by atoms with Gasteiger partial charge in [-0.1, -0.05) is 23.2 Å². The normalized spacial score (nSPS) is 23.1. The molecule has 0 aromatic heterocycles. The van der Waals surface area contributed by atoms with E-state index < -0.39 is 0 Å². The highest BCUT2D eigenvalue weighted by molar-refractivity contribution is 6.34. The molecule has 4 nitrogen and oxygen atoms in total. The van der Waals surface area contributed by atoms with E-state index in [4.69, 9.17) is 27.9 Å². The number of esters is 1. The number of ether oxygens (including phenoxy) is 1. The van der Waals surface area contributed by atoms with Crippen LogP contribution in [0.3, 0.4) is 0 Å². The maximum atomic E-state index is 11.8. The molecule has 2 N–H and O–H groups in total. The van der Waals surface area contributed by atoms with Crippen LogP contribution in [-0.2, 0) is 9.53 Å². The zero-order chi connectivity index (χ0) is 13.1. The van der Waals surface area contributed by atoms with E-state index in [0.717, 1.165) is 5.56 Å². The molecule has 0 spiro atoms. The third-order valence-electron chi connectivity index (χ3n) is 2.82. The molecule has 18 heavy (non-hydrogen) atoms. The first-order valence-electron chi connectivity index (χ1n) is 5.73.